The third kappa shape index (κ3) is 3.91. The molecule has 1 N–H and O–H groups in total. The van der Waals surface area contributed by atoms with Gasteiger partial charge in [-0.2, -0.15) is 0 Å². The van der Waals surface area contributed by atoms with Crippen LogP contribution in [0.1, 0.15) is 27.4 Å². The molecule has 23 heavy (non-hydrogen) atoms. The summed E-state index contributed by atoms with van der Waals surface area (Å²) in [5.74, 6) is 0. The summed E-state index contributed by atoms with van der Waals surface area (Å²) in [7, 11) is 1.67. The van der Waals surface area contributed by atoms with Crippen molar-refractivity contribution in [3.8, 4) is 0 Å². The second-order valence-corrected chi connectivity index (χ2v) is 7.49. The monoisotopic (exact) mass is 332 g/mol. The van der Waals surface area contributed by atoms with Gasteiger partial charge in [-0.25, -0.2) is 0 Å². The zero-order valence-corrected chi connectivity index (χ0v) is 14.6. The number of ether oxygens (including phenoxy) is 1. The lowest BCUT2D eigenvalue weighted by molar-refractivity contribution is 0.184. The number of pyridine rings is 1. The van der Waals surface area contributed by atoms with Crippen LogP contribution < -0.4 is 10.9 Å². The molecule has 0 saturated heterocycles. The van der Waals surface area contributed by atoms with Crippen LogP contribution in [0, 0.1) is 6.92 Å². The molecule has 1 aliphatic rings. The van der Waals surface area contributed by atoms with E-state index in [0.29, 0.717) is 19.2 Å². The molecule has 0 saturated carbocycles. The molecule has 5 heteroatoms. The fourth-order valence-electron chi connectivity index (χ4n) is 3.25. The van der Waals surface area contributed by atoms with Crippen LogP contribution in [0.5, 0.6) is 0 Å². The smallest absolute Gasteiger partial charge is 0.250 e. The molecular weight excluding hydrogens is 308 g/mol. The Morgan fingerprint density at radius 3 is 2.96 bits per heavy atom. The van der Waals surface area contributed by atoms with Crippen molar-refractivity contribution in [2.24, 2.45) is 0 Å². The fourth-order valence-corrected chi connectivity index (χ4v) is 4.09. The summed E-state index contributed by atoms with van der Waals surface area (Å²) in [6, 6.07) is 8.56. The highest BCUT2D eigenvalue weighted by Gasteiger charge is 2.21. The summed E-state index contributed by atoms with van der Waals surface area (Å²) in [4.78, 5) is 14.8. The maximum atomic E-state index is 12.1. The van der Waals surface area contributed by atoms with Crippen LogP contribution in [-0.2, 0) is 30.7 Å². The van der Waals surface area contributed by atoms with Gasteiger partial charge in [-0.3, -0.25) is 4.79 Å². The molecule has 0 aliphatic heterocycles. The van der Waals surface area contributed by atoms with Gasteiger partial charge in [-0.05, 0) is 43.9 Å². The molecule has 2 aromatic heterocycles. The lowest BCUT2D eigenvalue weighted by atomic mass is 9.91. The van der Waals surface area contributed by atoms with E-state index in [-0.39, 0.29) is 5.56 Å². The molecule has 2 heterocycles. The second kappa shape index (κ2) is 7.43. The van der Waals surface area contributed by atoms with Crippen molar-refractivity contribution < 1.29 is 4.74 Å². The van der Waals surface area contributed by atoms with Gasteiger partial charge in [0.25, 0.3) is 5.56 Å². The average molecular weight is 332 g/mol. The number of hydrogen-bond donors (Lipinski definition) is 1. The number of fused-ring (bicyclic) bond motifs is 1. The largest absolute Gasteiger partial charge is 0.383 e. The Bertz CT molecular complexity index is 720. The van der Waals surface area contributed by atoms with Gasteiger partial charge in [0, 0.05) is 47.8 Å². The van der Waals surface area contributed by atoms with E-state index in [2.05, 4.69) is 24.4 Å². The average Bonchev–Trinajstić information content (AvgIpc) is 2.97. The molecule has 4 nitrogen and oxygen atoms in total. The minimum absolute atomic E-state index is 0.0845. The number of thiophene rings is 1. The molecule has 0 bridgehead atoms. The Morgan fingerprint density at radius 1 is 1.35 bits per heavy atom. The summed E-state index contributed by atoms with van der Waals surface area (Å²) < 4.78 is 7.02. The van der Waals surface area contributed by atoms with Gasteiger partial charge in [0.2, 0.25) is 0 Å². The first-order valence-corrected chi connectivity index (χ1v) is 8.98. The van der Waals surface area contributed by atoms with Crippen LogP contribution in [0.4, 0.5) is 0 Å². The minimum Gasteiger partial charge on any atom is -0.383 e. The van der Waals surface area contributed by atoms with E-state index in [1.807, 2.05) is 22.0 Å². The lowest BCUT2D eigenvalue weighted by Crippen LogP contribution is -2.37. The van der Waals surface area contributed by atoms with Crippen LogP contribution in [-0.4, -0.2) is 24.3 Å². The van der Waals surface area contributed by atoms with E-state index in [1.54, 1.807) is 13.2 Å². The normalized spacial score (nSPS) is 17.2. The molecule has 124 valence electrons. The first-order valence-electron chi connectivity index (χ1n) is 8.16. The molecule has 0 radical (unpaired) electrons. The molecule has 0 amide bonds. The number of nitrogens with zero attached hydrogens (tertiary/aromatic N) is 1. The van der Waals surface area contributed by atoms with Crippen LogP contribution >= 0.6 is 11.3 Å². The molecule has 2 aromatic rings. The predicted molar refractivity (Wildman–Crippen MR) is 94.3 cm³/mol. The molecule has 1 aliphatic carbocycles. The van der Waals surface area contributed by atoms with E-state index >= 15 is 0 Å². The van der Waals surface area contributed by atoms with E-state index in [4.69, 9.17) is 4.74 Å². The summed E-state index contributed by atoms with van der Waals surface area (Å²) in [6.07, 6.45) is 3.02. The topological polar surface area (TPSA) is 43.3 Å². The van der Waals surface area contributed by atoms with Crippen molar-refractivity contribution in [3.05, 3.63) is 55.6 Å². The lowest BCUT2D eigenvalue weighted by Gasteiger charge is -2.27. The van der Waals surface area contributed by atoms with E-state index in [0.717, 1.165) is 25.8 Å². The van der Waals surface area contributed by atoms with Crippen LogP contribution in [0.3, 0.4) is 0 Å². The highest BCUT2D eigenvalue weighted by Crippen LogP contribution is 2.21. The number of aryl methyl sites for hydroxylation is 1. The molecule has 1 unspecified atom stereocenters. The first kappa shape index (κ1) is 16.4. The van der Waals surface area contributed by atoms with Crippen molar-refractivity contribution in [2.75, 3.05) is 13.7 Å². The Morgan fingerprint density at radius 2 is 2.22 bits per heavy atom. The highest BCUT2D eigenvalue weighted by molar-refractivity contribution is 7.11. The van der Waals surface area contributed by atoms with Crippen molar-refractivity contribution in [1.29, 1.82) is 0 Å². The van der Waals surface area contributed by atoms with Gasteiger partial charge in [0.15, 0.2) is 0 Å². The predicted octanol–water partition coefficient (Wildman–Crippen LogP) is 2.51. The van der Waals surface area contributed by atoms with Gasteiger partial charge in [-0.1, -0.05) is 6.07 Å². The SMILES string of the molecule is COCCn1c2c(ccc1=O)CC(NCc1ccc(C)s1)CC2. The molecule has 0 fully saturated rings. The number of aromatic nitrogens is 1. The fraction of sp³-hybridized carbons (Fsp3) is 0.500. The Labute approximate surface area is 141 Å². The summed E-state index contributed by atoms with van der Waals surface area (Å²) in [5.41, 5.74) is 2.58. The van der Waals surface area contributed by atoms with E-state index in [1.165, 1.54) is 21.0 Å². The van der Waals surface area contributed by atoms with Crippen LogP contribution in [0.15, 0.2) is 29.1 Å². The molecular formula is C18H24N2O2S. The minimum atomic E-state index is 0.0845. The maximum absolute atomic E-state index is 12.1. The molecule has 1 atom stereocenters. The number of nitrogens with one attached hydrogen (secondary N) is 1. The van der Waals surface area contributed by atoms with E-state index in [9.17, 15) is 4.79 Å². The quantitative estimate of drug-likeness (QED) is 0.884. The molecule has 0 spiro atoms. The van der Waals surface area contributed by atoms with Crippen LogP contribution in [0.25, 0.3) is 0 Å². The zero-order valence-electron chi connectivity index (χ0n) is 13.8. The first-order chi connectivity index (χ1) is 11.2. The number of rotatable bonds is 6. The molecule has 3 rings (SSSR count). The third-order valence-corrected chi connectivity index (χ3v) is 5.47. The molecule has 0 aromatic carbocycles. The summed E-state index contributed by atoms with van der Waals surface area (Å²) in [6.45, 7) is 4.30. The third-order valence-electron chi connectivity index (χ3n) is 4.47. The Kier molecular flexibility index (Phi) is 5.30. The van der Waals surface area contributed by atoms with Crippen molar-refractivity contribution in [3.63, 3.8) is 0 Å². The van der Waals surface area contributed by atoms with Crippen molar-refractivity contribution in [2.45, 2.75) is 45.3 Å². The van der Waals surface area contributed by atoms with Gasteiger partial charge < -0.3 is 14.6 Å². The summed E-state index contributed by atoms with van der Waals surface area (Å²) >= 11 is 1.85. The van der Waals surface area contributed by atoms with Gasteiger partial charge in [0.05, 0.1) is 6.61 Å². The van der Waals surface area contributed by atoms with Crippen LogP contribution in [0.2, 0.25) is 0 Å². The standard InChI is InChI=1S/C18H24N2O2S/c1-13-3-6-16(23-13)12-19-15-5-7-17-14(11-15)4-8-18(21)20(17)9-10-22-2/h3-4,6,8,15,19H,5,7,9-12H2,1-2H3. The van der Waals surface area contributed by atoms with Gasteiger partial charge in [-0.15, -0.1) is 11.3 Å². The van der Waals surface area contributed by atoms with Crippen molar-refractivity contribution in [1.82, 2.24) is 9.88 Å². The van der Waals surface area contributed by atoms with Gasteiger partial charge >= 0.3 is 0 Å². The number of hydrogen-bond acceptors (Lipinski definition) is 4. The van der Waals surface area contributed by atoms with Crippen molar-refractivity contribution >= 4 is 11.3 Å². The Hall–Kier alpha value is -1.43. The highest BCUT2D eigenvalue weighted by atomic mass is 32.1. The zero-order chi connectivity index (χ0) is 16.2. The second-order valence-electron chi connectivity index (χ2n) is 6.12. The van der Waals surface area contributed by atoms with Gasteiger partial charge in [0.1, 0.15) is 0 Å². The Balaban J connectivity index is 1.67. The van der Waals surface area contributed by atoms with E-state index < -0.39 is 0 Å². The maximum Gasteiger partial charge on any atom is 0.250 e. The number of methoxy groups -OCH3 is 1. The summed E-state index contributed by atoms with van der Waals surface area (Å²) in [5, 5.41) is 3.67.